The highest BCUT2D eigenvalue weighted by Crippen LogP contribution is 2.33. The largest absolute Gasteiger partial charge is 0.457 e. The predicted molar refractivity (Wildman–Crippen MR) is 145 cm³/mol. The molecule has 1 unspecified atom stereocenters. The molecule has 0 amide bonds. The zero-order valence-corrected chi connectivity index (χ0v) is 21.9. The maximum Gasteiger partial charge on any atom is 0.338 e. The van der Waals surface area contributed by atoms with Gasteiger partial charge < -0.3 is 4.74 Å². The van der Waals surface area contributed by atoms with Crippen LogP contribution in [0.1, 0.15) is 54.3 Å². The Kier molecular flexibility index (Phi) is 6.85. The average Bonchev–Trinajstić information content (AvgIpc) is 3.51. The first-order chi connectivity index (χ1) is 17.4. The normalized spacial score (nSPS) is 15.7. The van der Waals surface area contributed by atoms with Crippen LogP contribution in [0.15, 0.2) is 93.2 Å². The molecule has 4 aromatic rings. The second kappa shape index (κ2) is 10.2. The second-order valence-corrected chi connectivity index (χ2v) is 11.0. The zero-order chi connectivity index (χ0) is 25.2. The Labute approximate surface area is 217 Å². The van der Waals surface area contributed by atoms with Crippen LogP contribution in [-0.2, 0) is 16.1 Å². The summed E-state index contributed by atoms with van der Waals surface area (Å²) in [4.78, 5) is 33.1. The van der Waals surface area contributed by atoms with Gasteiger partial charge in [0, 0.05) is 4.88 Å². The van der Waals surface area contributed by atoms with Crippen LogP contribution >= 0.6 is 22.7 Å². The summed E-state index contributed by atoms with van der Waals surface area (Å²) < 4.78 is 7.90. The smallest absolute Gasteiger partial charge is 0.338 e. The van der Waals surface area contributed by atoms with Crippen LogP contribution in [0.4, 0.5) is 0 Å². The van der Waals surface area contributed by atoms with Crippen LogP contribution in [0.25, 0.3) is 6.08 Å². The van der Waals surface area contributed by atoms with E-state index in [0.29, 0.717) is 26.5 Å². The lowest BCUT2D eigenvalue weighted by atomic mass is 10.0. The van der Waals surface area contributed by atoms with E-state index in [4.69, 9.17) is 4.74 Å². The molecule has 182 valence electrons. The fraction of sp³-hybridized carbons (Fsp3) is 0.207. The monoisotopic (exact) mass is 514 g/mol. The first-order valence-electron chi connectivity index (χ1n) is 11.8. The third-order valence-corrected chi connectivity index (χ3v) is 8.08. The molecular formula is C29H26N2O3S2. The van der Waals surface area contributed by atoms with E-state index >= 15 is 0 Å². The van der Waals surface area contributed by atoms with Gasteiger partial charge in [0.2, 0.25) is 0 Å². The van der Waals surface area contributed by atoms with Crippen molar-refractivity contribution in [3.8, 4) is 0 Å². The molecule has 2 aromatic carbocycles. The molecule has 0 aliphatic carbocycles. The van der Waals surface area contributed by atoms with Gasteiger partial charge in [0.25, 0.3) is 5.56 Å². The van der Waals surface area contributed by atoms with E-state index in [2.05, 4.69) is 31.0 Å². The molecule has 1 aliphatic rings. The lowest BCUT2D eigenvalue weighted by molar-refractivity contribution is -0.140. The van der Waals surface area contributed by atoms with Crippen LogP contribution in [0.3, 0.4) is 0 Å². The van der Waals surface area contributed by atoms with Gasteiger partial charge in [0.05, 0.1) is 15.8 Å². The maximum absolute atomic E-state index is 13.7. The molecule has 7 heteroatoms. The van der Waals surface area contributed by atoms with E-state index < -0.39 is 12.0 Å². The zero-order valence-electron chi connectivity index (χ0n) is 20.3. The topological polar surface area (TPSA) is 60.7 Å². The molecule has 3 heterocycles. The summed E-state index contributed by atoms with van der Waals surface area (Å²) in [6, 6.07) is 21.1. The van der Waals surface area contributed by atoms with Gasteiger partial charge in [-0.1, -0.05) is 85.8 Å². The molecule has 0 N–H and O–H groups in total. The number of thiazole rings is 1. The number of benzene rings is 2. The number of hydrogen-bond donors (Lipinski definition) is 0. The number of ether oxygens (including phenoxy) is 1. The number of aromatic nitrogens is 1. The third-order valence-electron chi connectivity index (χ3n) is 6.17. The van der Waals surface area contributed by atoms with E-state index in [9.17, 15) is 9.59 Å². The Balaban J connectivity index is 1.55. The standard InChI is InChI=1S/C29H26N2O3S2/c1-18(2)22-13-11-20(12-14-22)16-24-27(32)31-26(23-10-7-15-35-23)25(19(3)30-29(31)36-24)28(33)34-17-21-8-5-4-6-9-21/h4-16,18,26H,17H2,1-3H3. The highest BCUT2D eigenvalue weighted by Gasteiger charge is 2.34. The molecule has 0 saturated heterocycles. The SMILES string of the molecule is CC1=C(C(=O)OCc2ccccc2)C(c2cccs2)n2c(sc(=Cc3ccc(C(C)C)cc3)c2=O)=N1. The molecule has 1 aliphatic heterocycles. The summed E-state index contributed by atoms with van der Waals surface area (Å²) in [6.07, 6.45) is 1.89. The Morgan fingerprint density at radius 1 is 1.08 bits per heavy atom. The van der Waals surface area contributed by atoms with Crippen molar-refractivity contribution >= 4 is 34.7 Å². The van der Waals surface area contributed by atoms with Crippen molar-refractivity contribution in [2.75, 3.05) is 0 Å². The van der Waals surface area contributed by atoms with Gasteiger partial charge in [-0.15, -0.1) is 11.3 Å². The first kappa shape index (κ1) is 24.2. The fourth-order valence-corrected chi connectivity index (χ4v) is 6.10. The van der Waals surface area contributed by atoms with Gasteiger partial charge in [-0.05, 0) is 47.1 Å². The summed E-state index contributed by atoms with van der Waals surface area (Å²) >= 11 is 2.85. The van der Waals surface area contributed by atoms with Gasteiger partial charge in [-0.25, -0.2) is 9.79 Å². The van der Waals surface area contributed by atoms with E-state index in [1.165, 1.54) is 28.2 Å². The average molecular weight is 515 g/mol. The molecule has 0 saturated carbocycles. The van der Waals surface area contributed by atoms with Crippen molar-refractivity contribution in [3.63, 3.8) is 0 Å². The molecular weight excluding hydrogens is 488 g/mol. The van der Waals surface area contributed by atoms with Crippen molar-refractivity contribution in [1.82, 2.24) is 4.57 Å². The molecule has 5 rings (SSSR count). The van der Waals surface area contributed by atoms with Crippen LogP contribution in [0, 0.1) is 0 Å². The number of allylic oxidation sites excluding steroid dienone is 1. The van der Waals surface area contributed by atoms with Crippen molar-refractivity contribution in [1.29, 1.82) is 0 Å². The summed E-state index contributed by atoms with van der Waals surface area (Å²) in [6.45, 7) is 6.27. The number of rotatable bonds is 6. The molecule has 0 fully saturated rings. The minimum atomic E-state index is -0.574. The molecule has 5 nitrogen and oxygen atoms in total. The van der Waals surface area contributed by atoms with E-state index in [1.807, 2.05) is 66.1 Å². The molecule has 0 radical (unpaired) electrons. The van der Waals surface area contributed by atoms with Gasteiger partial charge in [0.1, 0.15) is 12.6 Å². The second-order valence-electron chi connectivity index (χ2n) is 8.98. The fourth-order valence-electron chi connectivity index (χ4n) is 4.23. The van der Waals surface area contributed by atoms with E-state index in [1.54, 1.807) is 11.5 Å². The highest BCUT2D eigenvalue weighted by molar-refractivity contribution is 7.10. The van der Waals surface area contributed by atoms with E-state index in [-0.39, 0.29) is 12.2 Å². The number of carbonyl (C=O) groups is 1. The Hall–Kier alpha value is -3.55. The molecule has 0 bridgehead atoms. The van der Waals surface area contributed by atoms with Crippen LogP contribution < -0.4 is 14.9 Å². The third kappa shape index (κ3) is 4.76. The van der Waals surface area contributed by atoms with Crippen molar-refractivity contribution in [2.24, 2.45) is 4.99 Å². The minimum Gasteiger partial charge on any atom is -0.457 e. The van der Waals surface area contributed by atoms with Crippen molar-refractivity contribution in [2.45, 2.75) is 39.3 Å². The lowest BCUT2D eigenvalue weighted by Gasteiger charge is -2.23. The van der Waals surface area contributed by atoms with Crippen molar-refractivity contribution < 1.29 is 9.53 Å². The number of esters is 1. The quantitative estimate of drug-likeness (QED) is 0.334. The van der Waals surface area contributed by atoms with Crippen LogP contribution in [-0.4, -0.2) is 10.5 Å². The van der Waals surface area contributed by atoms with Crippen LogP contribution in [0.2, 0.25) is 0 Å². The highest BCUT2D eigenvalue weighted by atomic mass is 32.1. The summed E-state index contributed by atoms with van der Waals surface area (Å²) in [5.41, 5.74) is 3.91. The number of hydrogen-bond acceptors (Lipinski definition) is 6. The number of carbonyl (C=O) groups excluding carboxylic acids is 1. The number of thiophene rings is 1. The molecule has 2 aromatic heterocycles. The minimum absolute atomic E-state index is 0.157. The summed E-state index contributed by atoms with van der Waals surface area (Å²) in [7, 11) is 0. The Bertz CT molecular complexity index is 1590. The molecule has 1 atom stereocenters. The van der Waals surface area contributed by atoms with Crippen molar-refractivity contribution in [3.05, 3.63) is 125 Å². The Morgan fingerprint density at radius 2 is 1.83 bits per heavy atom. The first-order valence-corrected chi connectivity index (χ1v) is 13.5. The van der Waals surface area contributed by atoms with E-state index in [0.717, 1.165) is 16.0 Å². The van der Waals surface area contributed by atoms with Crippen LogP contribution in [0.5, 0.6) is 0 Å². The number of nitrogens with zero attached hydrogens (tertiary/aromatic N) is 2. The van der Waals surface area contributed by atoms with Gasteiger partial charge in [-0.3, -0.25) is 9.36 Å². The Morgan fingerprint density at radius 3 is 2.50 bits per heavy atom. The molecule has 0 spiro atoms. The summed E-state index contributed by atoms with van der Waals surface area (Å²) in [5.74, 6) is -0.0183. The molecule has 36 heavy (non-hydrogen) atoms. The maximum atomic E-state index is 13.7. The van der Waals surface area contributed by atoms with Gasteiger partial charge in [-0.2, -0.15) is 0 Å². The summed E-state index contributed by atoms with van der Waals surface area (Å²) in [5, 5.41) is 1.95. The van der Waals surface area contributed by atoms with Gasteiger partial charge >= 0.3 is 5.97 Å². The lowest BCUT2D eigenvalue weighted by Crippen LogP contribution is -2.39. The van der Waals surface area contributed by atoms with Gasteiger partial charge in [0.15, 0.2) is 4.80 Å². The number of fused-ring (bicyclic) bond motifs is 1. The predicted octanol–water partition coefficient (Wildman–Crippen LogP) is 5.16.